The van der Waals surface area contributed by atoms with E-state index < -0.39 is 11.7 Å². The Labute approximate surface area is 98.3 Å². The molecule has 0 saturated carbocycles. The average molecular weight is 230 g/mol. The molecule has 4 heteroatoms. The second-order valence-corrected chi connectivity index (χ2v) is 3.60. The van der Waals surface area contributed by atoms with E-state index in [0.29, 0.717) is 5.82 Å². The lowest BCUT2D eigenvalue weighted by Gasteiger charge is -2.07. The molecule has 0 atom stereocenters. The summed E-state index contributed by atoms with van der Waals surface area (Å²) in [4.78, 5) is 15.8. The molecule has 1 heterocycles. The predicted octanol–water partition coefficient (Wildman–Crippen LogP) is 2.78. The van der Waals surface area contributed by atoms with Crippen LogP contribution in [0.4, 0.5) is 10.2 Å². The SMILES string of the molecule is Cc1cccnc1NC(=O)c1ccccc1F. The summed E-state index contributed by atoms with van der Waals surface area (Å²) < 4.78 is 13.4. The minimum atomic E-state index is -0.543. The van der Waals surface area contributed by atoms with E-state index in [9.17, 15) is 9.18 Å². The molecule has 3 nitrogen and oxygen atoms in total. The van der Waals surface area contributed by atoms with Crippen molar-refractivity contribution in [1.29, 1.82) is 0 Å². The number of carbonyl (C=O) groups is 1. The third-order valence-electron chi connectivity index (χ3n) is 2.36. The number of nitrogens with one attached hydrogen (secondary N) is 1. The summed E-state index contributed by atoms with van der Waals surface area (Å²) in [7, 11) is 0. The van der Waals surface area contributed by atoms with Crippen molar-refractivity contribution in [2.45, 2.75) is 6.92 Å². The van der Waals surface area contributed by atoms with Crippen LogP contribution in [-0.2, 0) is 0 Å². The Hall–Kier alpha value is -2.23. The van der Waals surface area contributed by atoms with Crippen molar-refractivity contribution in [1.82, 2.24) is 4.98 Å². The largest absolute Gasteiger partial charge is 0.306 e. The molecule has 0 spiro atoms. The van der Waals surface area contributed by atoms with Gasteiger partial charge >= 0.3 is 0 Å². The van der Waals surface area contributed by atoms with Gasteiger partial charge in [0.1, 0.15) is 11.6 Å². The van der Waals surface area contributed by atoms with Crippen molar-refractivity contribution < 1.29 is 9.18 Å². The number of nitrogens with zero attached hydrogens (tertiary/aromatic N) is 1. The summed E-state index contributed by atoms with van der Waals surface area (Å²) in [6, 6.07) is 9.43. The Morgan fingerprint density at radius 1 is 1.24 bits per heavy atom. The molecule has 1 aromatic heterocycles. The van der Waals surface area contributed by atoms with Crippen molar-refractivity contribution in [3.05, 3.63) is 59.5 Å². The molecule has 0 fully saturated rings. The van der Waals surface area contributed by atoms with Gasteiger partial charge in [-0.2, -0.15) is 0 Å². The van der Waals surface area contributed by atoms with E-state index in [2.05, 4.69) is 10.3 Å². The second kappa shape index (κ2) is 4.74. The molecular weight excluding hydrogens is 219 g/mol. The molecule has 0 aliphatic rings. The van der Waals surface area contributed by atoms with Crippen LogP contribution in [0, 0.1) is 12.7 Å². The molecule has 17 heavy (non-hydrogen) atoms. The number of rotatable bonds is 2. The molecule has 2 rings (SSSR count). The number of aromatic nitrogens is 1. The van der Waals surface area contributed by atoms with Crippen LogP contribution < -0.4 is 5.32 Å². The lowest BCUT2D eigenvalue weighted by atomic mass is 10.2. The highest BCUT2D eigenvalue weighted by Gasteiger charge is 2.12. The average Bonchev–Trinajstić information content (AvgIpc) is 2.32. The first kappa shape index (κ1) is 11.3. The summed E-state index contributed by atoms with van der Waals surface area (Å²) in [5.74, 6) is -0.593. The third-order valence-corrected chi connectivity index (χ3v) is 2.36. The highest BCUT2D eigenvalue weighted by atomic mass is 19.1. The summed E-state index contributed by atoms with van der Waals surface area (Å²) in [5.41, 5.74) is 0.842. The van der Waals surface area contributed by atoms with Crippen molar-refractivity contribution in [3.8, 4) is 0 Å². The predicted molar refractivity (Wildman–Crippen MR) is 63.3 cm³/mol. The van der Waals surface area contributed by atoms with Crippen LogP contribution in [0.1, 0.15) is 15.9 Å². The van der Waals surface area contributed by atoms with Crippen LogP contribution >= 0.6 is 0 Å². The lowest BCUT2D eigenvalue weighted by Crippen LogP contribution is -2.15. The Bertz CT molecular complexity index is 555. The molecule has 0 aliphatic heterocycles. The molecule has 0 aliphatic carbocycles. The summed E-state index contributed by atoms with van der Waals surface area (Å²) in [5, 5.41) is 2.58. The van der Waals surface area contributed by atoms with Gasteiger partial charge in [0, 0.05) is 6.20 Å². The normalized spacial score (nSPS) is 10.0. The van der Waals surface area contributed by atoms with Crippen LogP contribution in [-0.4, -0.2) is 10.9 Å². The van der Waals surface area contributed by atoms with Crippen LogP contribution in [0.2, 0.25) is 0 Å². The van der Waals surface area contributed by atoms with E-state index in [1.54, 1.807) is 18.3 Å². The molecule has 0 unspecified atom stereocenters. The second-order valence-electron chi connectivity index (χ2n) is 3.60. The van der Waals surface area contributed by atoms with Gasteiger partial charge in [0.25, 0.3) is 5.91 Å². The van der Waals surface area contributed by atoms with Gasteiger partial charge in [-0.25, -0.2) is 9.37 Å². The van der Waals surface area contributed by atoms with Gasteiger partial charge in [-0.05, 0) is 30.7 Å². The van der Waals surface area contributed by atoms with Gasteiger partial charge in [-0.1, -0.05) is 18.2 Å². The Balaban J connectivity index is 2.24. The van der Waals surface area contributed by atoms with Crippen molar-refractivity contribution in [2.24, 2.45) is 0 Å². The minimum Gasteiger partial charge on any atom is -0.306 e. The smallest absolute Gasteiger partial charge is 0.259 e. The number of hydrogen-bond donors (Lipinski definition) is 1. The summed E-state index contributed by atoms with van der Waals surface area (Å²) in [6.07, 6.45) is 1.57. The lowest BCUT2D eigenvalue weighted by molar-refractivity contribution is 0.102. The maximum atomic E-state index is 13.4. The number of pyridine rings is 1. The maximum absolute atomic E-state index is 13.4. The first-order chi connectivity index (χ1) is 8.18. The maximum Gasteiger partial charge on any atom is 0.259 e. The Morgan fingerprint density at radius 2 is 2.00 bits per heavy atom. The number of amides is 1. The molecule has 0 radical (unpaired) electrons. The van der Waals surface area contributed by atoms with E-state index in [0.717, 1.165) is 5.56 Å². The molecule has 2 aromatic rings. The quantitative estimate of drug-likeness (QED) is 0.861. The molecule has 0 saturated heterocycles. The first-order valence-corrected chi connectivity index (χ1v) is 5.16. The van der Waals surface area contributed by atoms with Gasteiger partial charge < -0.3 is 5.32 Å². The number of benzene rings is 1. The molecule has 86 valence electrons. The molecule has 1 N–H and O–H groups in total. The monoisotopic (exact) mass is 230 g/mol. The molecule has 1 amide bonds. The van der Waals surface area contributed by atoms with Gasteiger partial charge in [0.05, 0.1) is 5.56 Å². The molecule has 0 bridgehead atoms. The van der Waals surface area contributed by atoms with E-state index in [1.165, 1.54) is 18.2 Å². The van der Waals surface area contributed by atoms with E-state index in [-0.39, 0.29) is 5.56 Å². The van der Waals surface area contributed by atoms with Crippen LogP contribution in [0.15, 0.2) is 42.6 Å². The highest BCUT2D eigenvalue weighted by molar-refractivity contribution is 6.04. The summed E-state index contributed by atoms with van der Waals surface area (Å²) >= 11 is 0. The standard InChI is InChI=1S/C13H11FN2O/c1-9-5-4-8-15-12(9)16-13(17)10-6-2-3-7-11(10)14/h2-8H,1H3,(H,15,16,17). The van der Waals surface area contributed by atoms with Crippen molar-refractivity contribution in [3.63, 3.8) is 0 Å². The molecule has 1 aromatic carbocycles. The highest BCUT2D eigenvalue weighted by Crippen LogP contribution is 2.13. The van der Waals surface area contributed by atoms with Gasteiger partial charge in [-0.15, -0.1) is 0 Å². The number of halogens is 1. The minimum absolute atomic E-state index is 0.0116. The topological polar surface area (TPSA) is 42.0 Å². The van der Waals surface area contributed by atoms with Gasteiger partial charge in [-0.3, -0.25) is 4.79 Å². The van der Waals surface area contributed by atoms with Gasteiger partial charge in [0.2, 0.25) is 0 Å². The zero-order chi connectivity index (χ0) is 12.3. The Morgan fingerprint density at radius 3 is 2.71 bits per heavy atom. The van der Waals surface area contributed by atoms with Gasteiger partial charge in [0.15, 0.2) is 0 Å². The van der Waals surface area contributed by atoms with Crippen LogP contribution in [0.5, 0.6) is 0 Å². The van der Waals surface area contributed by atoms with E-state index in [1.807, 2.05) is 13.0 Å². The first-order valence-electron chi connectivity index (χ1n) is 5.16. The van der Waals surface area contributed by atoms with Crippen LogP contribution in [0.3, 0.4) is 0 Å². The number of anilines is 1. The number of carbonyl (C=O) groups excluding carboxylic acids is 1. The fraction of sp³-hybridized carbons (Fsp3) is 0.0769. The molecular formula is C13H11FN2O. The Kier molecular flexibility index (Phi) is 3.14. The van der Waals surface area contributed by atoms with Crippen molar-refractivity contribution in [2.75, 3.05) is 5.32 Å². The zero-order valence-corrected chi connectivity index (χ0v) is 9.27. The van der Waals surface area contributed by atoms with Crippen molar-refractivity contribution >= 4 is 11.7 Å². The number of hydrogen-bond acceptors (Lipinski definition) is 2. The zero-order valence-electron chi connectivity index (χ0n) is 9.27. The fourth-order valence-corrected chi connectivity index (χ4v) is 1.44. The number of aryl methyl sites for hydroxylation is 1. The van der Waals surface area contributed by atoms with E-state index in [4.69, 9.17) is 0 Å². The fourth-order valence-electron chi connectivity index (χ4n) is 1.44. The van der Waals surface area contributed by atoms with Crippen LogP contribution in [0.25, 0.3) is 0 Å². The summed E-state index contributed by atoms with van der Waals surface area (Å²) in [6.45, 7) is 1.82. The van der Waals surface area contributed by atoms with E-state index >= 15 is 0 Å². The third kappa shape index (κ3) is 2.47.